The third kappa shape index (κ3) is 2.81. The minimum Gasteiger partial charge on any atom is -0.436 e. The fraction of sp³-hybridized carbons (Fsp3) is 0.250. The van der Waals surface area contributed by atoms with Crippen molar-refractivity contribution in [3.05, 3.63) is 48.4 Å². The molecule has 0 saturated carbocycles. The van der Waals surface area contributed by atoms with E-state index in [2.05, 4.69) is 34.3 Å². The zero-order valence-corrected chi connectivity index (χ0v) is 12.2. The number of imidazole rings is 1. The molecule has 1 aromatic carbocycles. The maximum absolute atomic E-state index is 5.90. The minimum atomic E-state index is 0.502. The van der Waals surface area contributed by atoms with E-state index < -0.39 is 0 Å². The highest BCUT2D eigenvalue weighted by Gasteiger charge is 2.09. The molecule has 108 valence electrons. The Morgan fingerprint density at radius 3 is 2.71 bits per heavy atom. The molecule has 3 rings (SSSR count). The lowest BCUT2D eigenvalue weighted by Gasteiger charge is -2.09. The molecular formula is C16H18N4O. The van der Waals surface area contributed by atoms with Crippen molar-refractivity contribution in [2.75, 3.05) is 11.9 Å². The third-order valence-electron chi connectivity index (χ3n) is 3.25. The highest BCUT2D eigenvalue weighted by molar-refractivity contribution is 5.55. The van der Waals surface area contributed by atoms with E-state index in [-0.39, 0.29) is 0 Å². The molecule has 1 N–H and O–H groups in total. The van der Waals surface area contributed by atoms with Gasteiger partial charge in [-0.05, 0) is 31.0 Å². The molecular weight excluding hydrogens is 264 g/mol. The van der Waals surface area contributed by atoms with Crippen molar-refractivity contribution < 1.29 is 4.74 Å². The van der Waals surface area contributed by atoms with E-state index in [1.807, 2.05) is 35.9 Å². The third-order valence-corrected chi connectivity index (χ3v) is 3.25. The number of ether oxygens (including phenoxy) is 1. The van der Waals surface area contributed by atoms with Crippen molar-refractivity contribution in [1.29, 1.82) is 0 Å². The molecule has 3 aromatic rings. The lowest BCUT2D eigenvalue weighted by molar-refractivity contribution is 0.465. The quantitative estimate of drug-likeness (QED) is 0.778. The summed E-state index contributed by atoms with van der Waals surface area (Å²) in [5.41, 5.74) is 1.99. The van der Waals surface area contributed by atoms with E-state index in [0.29, 0.717) is 11.5 Å². The second kappa shape index (κ2) is 5.83. The van der Waals surface area contributed by atoms with E-state index in [1.165, 1.54) is 5.56 Å². The second-order valence-corrected chi connectivity index (χ2v) is 4.72. The maximum atomic E-state index is 5.90. The van der Waals surface area contributed by atoms with Gasteiger partial charge in [0.15, 0.2) is 0 Å². The largest absolute Gasteiger partial charge is 0.436 e. The van der Waals surface area contributed by atoms with Gasteiger partial charge in [0.05, 0.1) is 6.20 Å². The predicted octanol–water partition coefficient (Wildman–Crippen LogP) is 3.52. The Bertz CT molecular complexity index is 734. The molecule has 0 radical (unpaired) electrons. The first kappa shape index (κ1) is 13.4. The molecule has 0 amide bonds. The topological polar surface area (TPSA) is 51.5 Å². The average molecular weight is 282 g/mol. The molecule has 0 aliphatic rings. The van der Waals surface area contributed by atoms with Crippen LogP contribution < -0.4 is 10.1 Å². The molecule has 0 saturated heterocycles. The van der Waals surface area contributed by atoms with Crippen molar-refractivity contribution in [2.45, 2.75) is 20.3 Å². The van der Waals surface area contributed by atoms with Gasteiger partial charge in [0.25, 0.3) is 5.88 Å². The molecule has 0 aliphatic heterocycles. The van der Waals surface area contributed by atoms with Crippen LogP contribution in [0, 0.1) is 0 Å². The minimum absolute atomic E-state index is 0.502. The summed E-state index contributed by atoms with van der Waals surface area (Å²) in [5, 5.41) is 3.19. The lowest BCUT2D eigenvalue weighted by Crippen LogP contribution is -2.03. The Kier molecular flexibility index (Phi) is 3.73. The summed E-state index contributed by atoms with van der Waals surface area (Å²) in [7, 11) is 0. The molecule has 5 nitrogen and oxygen atoms in total. The van der Waals surface area contributed by atoms with Crippen LogP contribution in [0.2, 0.25) is 0 Å². The van der Waals surface area contributed by atoms with Crippen LogP contribution in [0.4, 0.5) is 5.82 Å². The Balaban J connectivity index is 1.95. The van der Waals surface area contributed by atoms with Gasteiger partial charge in [-0.1, -0.05) is 19.1 Å². The van der Waals surface area contributed by atoms with Crippen molar-refractivity contribution in [1.82, 2.24) is 14.4 Å². The number of nitrogens with one attached hydrogen (secondary N) is 1. The van der Waals surface area contributed by atoms with Crippen molar-refractivity contribution >= 4 is 11.5 Å². The molecule has 2 aromatic heterocycles. The van der Waals surface area contributed by atoms with Gasteiger partial charge in [-0.25, -0.2) is 4.98 Å². The van der Waals surface area contributed by atoms with E-state index in [9.17, 15) is 0 Å². The SMILES string of the molecule is CCNc1cn2ccnc2c(Oc2ccc(CC)cc2)n1. The molecule has 0 fully saturated rings. The standard InChI is InChI=1S/C16H18N4O/c1-3-12-5-7-13(8-6-12)21-16-15-18-9-10-20(15)11-14(19-16)17-4-2/h5-11,17H,3-4H2,1-2H3. The zero-order valence-electron chi connectivity index (χ0n) is 12.2. The Hall–Kier alpha value is -2.56. The first-order chi connectivity index (χ1) is 10.3. The van der Waals surface area contributed by atoms with Gasteiger partial charge in [0.1, 0.15) is 11.6 Å². The first-order valence-electron chi connectivity index (χ1n) is 7.14. The predicted molar refractivity (Wildman–Crippen MR) is 83.0 cm³/mol. The van der Waals surface area contributed by atoms with Crippen LogP contribution in [-0.2, 0) is 6.42 Å². The van der Waals surface area contributed by atoms with E-state index >= 15 is 0 Å². The van der Waals surface area contributed by atoms with Crippen LogP contribution in [0.15, 0.2) is 42.9 Å². The van der Waals surface area contributed by atoms with Gasteiger partial charge in [-0.2, -0.15) is 4.98 Å². The van der Waals surface area contributed by atoms with Crippen LogP contribution in [0.25, 0.3) is 5.65 Å². The number of rotatable bonds is 5. The summed E-state index contributed by atoms with van der Waals surface area (Å²) in [6.07, 6.45) is 6.53. The van der Waals surface area contributed by atoms with Crippen molar-refractivity contribution in [3.8, 4) is 11.6 Å². The smallest absolute Gasteiger partial charge is 0.265 e. The van der Waals surface area contributed by atoms with Crippen molar-refractivity contribution in [3.63, 3.8) is 0 Å². The molecule has 0 bridgehead atoms. The zero-order chi connectivity index (χ0) is 14.7. The molecule has 0 spiro atoms. The Labute approximate surface area is 123 Å². The summed E-state index contributed by atoms with van der Waals surface area (Å²) in [6, 6.07) is 8.04. The van der Waals surface area contributed by atoms with Crippen LogP contribution in [0.5, 0.6) is 11.6 Å². The number of fused-ring (bicyclic) bond motifs is 1. The van der Waals surface area contributed by atoms with Crippen LogP contribution in [0.1, 0.15) is 19.4 Å². The van der Waals surface area contributed by atoms with Crippen LogP contribution >= 0.6 is 0 Å². The van der Waals surface area contributed by atoms with Crippen LogP contribution in [-0.4, -0.2) is 20.9 Å². The summed E-state index contributed by atoms with van der Waals surface area (Å²) < 4.78 is 7.81. The van der Waals surface area contributed by atoms with Gasteiger partial charge in [0, 0.05) is 18.9 Å². The van der Waals surface area contributed by atoms with Crippen LogP contribution in [0.3, 0.4) is 0 Å². The fourth-order valence-electron chi connectivity index (χ4n) is 2.14. The number of benzene rings is 1. The normalized spacial score (nSPS) is 10.8. The van der Waals surface area contributed by atoms with Crippen molar-refractivity contribution in [2.24, 2.45) is 0 Å². The Morgan fingerprint density at radius 2 is 2.00 bits per heavy atom. The summed E-state index contributed by atoms with van der Waals surface area (Å²) in [4.78, 5) is 8.78. The maximum Gasteiger partial charge on any atom is 0.265 e. The van der Waals surface area contributed by atoms with Gasteiger partial charge < -0.3 is 10.1 Å². The number of anilines is 1. The van der Waals surface area contributed by atoms with E-state index in [4.69, 9.17) is 4.74 Å². The first-order valence-corrected chi connectivity index (χ1v) is 7.14. The number of hydrogen-bond donors (Lipinski definition) is 1. The molecule has 0 atom stereocenters. The molecule has 0 aliphatic carbocycles. The molecule has 0 unspecified atom stereocenters. The van der Waals surface area contributed by atoms with E-state index in [1.54, 1.807) is 6.20 Å². The van der Waals surface area contributed by atoms with Gasteiger partial charge in [0.2, 0.25) is 5.65 Å². The van der Waals surface area contributed by atoms with Gasteiger partial charge in [-0.15, -0.1) is 0 Å². The highest BCUT2D eigenvalue weighted by Crippen LogP contribution is 2.25. The molecule has 2 heterocycles. The average Bonchev–Trinajstić information content (AvgIpc) is 2.97. The number of aryl methyl sites for hydroxylation is 1. The lowest BCUT2D eigenvalue weighted by atomic mass is 10.2. The fourth-order valence-corrected chi connectivity index (χ4v) is 2.14. The Morgan fingerprint density at radius 1 is 1.19 bits per heavy atom. The summed E-state index contributed by atoms with van der Waals surface area (Å²) in [5.74, 6) is 2.03. The highest BCUT2D eigenvalue weighted by atomic mass is 16.5. The molecule has 5 heteroatoms. The number of aromatic nitrogens is 3. The molecule has 21 heavy (non-hydrogen) atoms. The summed E-state index contributed by atoms with van der Waals surface area (Å²) >= 11 is 0. The monoisotopic (exact) mass is 282 g/mol. The number of nitrogens with zero attached hydrogens (tertiary/aromatic N) is 3. The second-order valence-electron chi connectivity index (χ2n) is 4.72. The summed E-state index contributed by atoms with van der Waals surface area (Å²) in [6.45, 7) is 4.97. The van der Waals surface area contributed by atoms with Gasteiger partial charge in [-0.3, -0.25) is 4.40 Å². The van der Waals surface area contributed by atoms with E-state index in [0.717, 1.165) is 24.5 Å². The van der Waals surface area contributed by atoms with Gasteiger partial charge >= 0.3 is 0 Å². The number of hydrogen-bond acceptors (Lipinski definition) is 4.